The highest BCUT2D eigenvalue weighted by Gasteiger charge is 2.61. The Morgan fingerprint density at radius 1 is 1.10 bits per heavy atom. The van der Waals surface area contributed by atoms with Crippen molar-refractivity contribution in [1.29, 1.82) is 0 Å². The molecule has 3 nitrogen and oxygen atoms in total. The summed E-state index contributed by atoms with van der Waals surface area (Å²) in [6, 6.07) is 21.4. The number of hydrogen-bond acceptors (Lipinski definition) is 3. The van der Waals surface area contributed by atoms with Gasteiger partial charge in [-0.1, -0.05) is 63.7 Å². The van der Waals surface area contributed by atoms with Crippen molar-refractivity contribution in [2.24, 2.45) is 11.3 Å². The lowest BCUT2D eigenvalue weighted by atomic mass is 9.86. The number of aliphatic hydroxyl groups is 1. The molecule has 0 radical (unpaired) electrons. The van der Waals surface area contributed by atoms with Gasteiger partial charge in [-0.25, -0.2) is 0 Å². The van der Waals surface area contributed by atoms with E-state index in [2.05, 4.69) is 106 Å². The van der Waals surface area contributed by atoms with Gasteiger partial charge in [0.2, 0.25) is 0 Å². The van der Waals surface area contributed by atoms with Crippen molar-refractivity contribution in [3.8, 4) is 0 Å². The second-order valence-electron chi connectivity index (χ2n) is 9.33. The number of aliphatic hydroxyl groups excluding tert-OH is 1. The zero-order valence-electron chi connectivity index (χ0n) is 18.3. The summed E-state index contributed by atoms with van der Waals surface area (Å²) in [6.07, 6.45) is 4.05. The summed E-state index contributed by atoms with van der Waals surface area (Å²) in [7, 11) is -0.242. The fourth-order valence-corrected chi connectivity index (χ4v) is 7.37. The smallest absolute Gasteiger partial charge is 0.185 e. The first-order chi connectivity index (χ1) is 14.3. The Hall–Kier alpha value is -2.17. The average Bonchev–Trinajstić information content (AvgIpc) is 3.21. The standard InChI is InChI=1S/C26H31NO2S/c1-6-22(30(19-13-9-7-10-14-19)20-15-11-8-12-16-20)21-17-24(28)27-23(25(2,3)4)18-29-26(21,27)5/h6-17,21-23H,1,18H2,2-5H3/p+1/t21-,22+,23+,26+/m0/s1. The lowest BCUT2D eigenvalue weighted by molar-refractivity contribution is -0.0845. The van der Waals surface area contributed by atoms with E-state index in [0.717, 1.165) is 0 Å². The Morgan fingerprint density at radius 3 is 2.10 bits per heavy atom. The van der Waals surface area contributed by atoms with Gasteiger partial charge in [-0.05, 0) is 48.8 Å². The summed E-state index contributed by atoms with van der Waals surface area (Å²) in [5, 5.41) is 11.1. The normalized spacial score (nSPS) is 27.1. The fraction of sp³-hybridized carbons (Fsp3) is 0.385. The van der Waals surface area contributed by atoms with Gasteiger partial charge in [0, 0.05) is 0 Å². The van der Waals surface area contributed by atoms with Crippen molar-refractivity contribution >= 4 is 10.9 Å². The number of ether oxygens (including phenoxy) is 1. The van der Waals surface area contributed by atoms with Crippen LogP contribution < -0.4 is 0 Å². The minimum absolute atomic E-state index is 0.00130. The summed E-state index contributed by atoms with van der Waals surface area (Å²) in [6.45, 7) is 13.6. The predicted molar refractivity (Wildman–Crippen MR) is 124 cm³/mol. The van der Waals surface area contributed by atoms with E-state index in [0.29, 0.717) is 12.5 Å². The molecule has 2 heterocycles. The van der Waals surface area contributed by atoms with Crippen LogP contribution in [0.3, 0.4) is 0 Å². The van der Waals surface area contributed by atoms with E-state index in [1.807, 2.05) is 6.08 Å². The molecule has 4 atom stereocenters. The molecule has 30 heavy (non-hydrogen) atoms. The highest BCUT2D eigenvalue weighted by molar-refractivity contribution is 7.97. The molecule has 0 spiro atoms. The van der Waals surface area contributed by atoms with Crippen LogP contribution in [0.25, 0.3) is 0 Å². The molecule has 1 fully saturated rings. The summed E-state index contributed by atoms with van der Waals surface area (Å²) in [4.78, 5) is 4.65. The van der Waals surface area contributed by atoms with Crippen LogP contribution in [-0.2, 0) is 15.6 Å². The zero-order valence-corrected chi connectivity index (χ0v) is 19.1. The van der Waals surface area contributed by atoms with Gasteiger partial charge >= 0.3 is 0 Å². The molecular weight excluding hydrogens is 390 g/mol. The Morgan fingerprint density at radius 2 is 1.63 bits per heavy atom. The van der Waals surface area contributed by atoms with Crippen molar-refractivity contribution in [1.82, 2.24) is 4.90 Å². The highest BCUT2D eigenvalue weighted by atomic mass is 32.2. The minimum atomic E-state index is -0.588. The molecule has 158 valence electrons. The quantitative estimate of drug-likeness (QED) is 0.490. The van der Waals surface area contributed by atoms with Gasteiger partial charge < -0.3 is 14.7 Å². The molecule has 2 aliphatic heterocycles. The third-order valence-corrected chi connectivity index (χ3v) is 8.96. The van der Waals surface area contributed by atoms with E-state index in [1.165, 1.54) is 9.79 Å². The summed E-state index contributed by atoms with van der Waals surface area (Å²) >= 11 is 0. The van der Waals surface area contributed by atoms with Gasteiger partial charge in [-0.2, -0.15) is 0 Å². The molecule has 0 unspecified atom stereocenters. The van der Waals surface area contributed by atoms with Crippen molar-refractivity contribution in [2.45, 2.75) is 54.5 Å². The number of hydrogen-bond donors (Lipinski definition) is 1. The summed E-state index contributed by atoms with van der Waals surface area (Å²) in [5.74, 6) is 0.322. The highest BCUT2D eigenvalue weighted by Crippen LogP contribution is 2.51. The largest absolute Gasteiger partial charge is 0.495 e. The minimum Gasteiger partial charge on any atom is -0.495 e. The molecule has 0 aliphatic carbocycles. The predicted octanol–water partition coefficient (Wildman–Crippen LogP) is 5.77. The van der Waals surface area contributed by atoms with Crippen molar-refractivity contribution < 1.29 is 9.84 Å². The lowest BCUT2D eigenvalue weighted by Gasteiger charge is -2.40. The molecule has 0 amide bonds. The molecule has 2 aromatic rings. The van der Waals surface area contributed by atoms with Gasteiger partial charge in [-0.15, -0.1) is 0 Å². The molecule has 2 aromatic carbocycles. The Bertz CT molecular complexity index is 882. The first kappa shape index (κ1) is 21.1. The van der Waals surface area contributed by atoms with Crippen LogP contribution in [0.5, 0.6) is 0 Å². The molecule has 0 saturated carbocycles. The molecular formula is C26H32NO2S+. The van der Waals surface area contributed by atoms with Gasteiger partial charge in [0.25, 0.3) is 0 Å². The van der Waals surface area contributed by atoms with Crippen LogP contribution in [0.4, 0.5) is 0 Å². The van der Waals surface area contributed by atoms with Crippen LogP contribution in [0.1, 0.15) is 27.7 Å². The van der Waals surface area contributed by atoms with Crippen molar-refractivity contribution in [3.63, 3.8) is 0 Å². The van der Waals surface area contributed by atoms with Crippen LogP contribution >= 0.6 is 0 Å². The molecule has 4 heteroatoms. The topological polar surface area (TPSA) is 32.7 Å². The molecule has 1 N–H and O–H groups in total. The van der Waals surface area contributed by atoms with E-state index >= 15 is 0 Å². The van der Waals surface area contributed by atoms with E-state index in [1.54, 1.807) is 0 Å². The Balaban J connectivity index is 1.78. The van der Waals surface area contributed by atoms with Crippen molar-refractivity contribution in [2.75, 3.05) is 6.61 Å². The number of benzene rings is 2. The van der Waals surface area contributed by atoms with E-state index in [4.69, 9.17) is 4.74 Å². The Labute approximate surface area is 183 Å². The molecule has 2 aliphatic rings. The molecule has 1 saturated heterocycles. The maximum Gasteiger partial charge on any atom is 0.185 e. The number of fused-ring (bicyclic) bond motifs is 1. The summed E-state index contributed by atoms with van der Waals surface area (Å²) in [5.41, 5.74) is -0.589. The van der Waals surface area contributed by atoms with Crippen LogP contribution in [0, 0.1) is 11.3 Å². The van der Waals surface area contributed by atoms with Gasteiger partial charge in [-0.3, -0.25) is 0 Å². The lowest BCUT2D eigenvalue weighted by Crippen LogP contribution is -2.52. The van der Waals surface area contributed by atoms with E-state index in [-0.39, 0.29) is 33.5 Å². The average molecular weight is 423 g/mol. The summed E-state index contributed by atoms with van der Waals surface area (Å²) < 4.78 is 6.46. The Kier molecular flexibility index (Phi) is 5.50. The third-order valence-electron chi connectivity index (χ3n) is 6.37. The van der Waals surface area contributed by atoms with Crippen molar-refractivity contribution in [3.05, 3.63) is 85.3 Å². The number of nitrogens with zero attached hydrogens (tertiary/aromatic N) is 1. The fourth-order valence-electron chi connectivity index (χ4n) is 4.75. The van der Waals surface area contributed by atoms with Crippen LogP contribution in [0.15, 0.2) is 95.1 Å². The number of rotatable bonds is 5. The van der Waals surface area contributed by atoms with E-state index in [9.17, 15) is 5.11 Å². The zero-order chi connectivity index (χ0) is 21.5. The van der Waals surface area contributed by atoms with Gasteiger partial charge in [0.15, 0.2) is 26.6 Å². The van der Waals surface area contributed by atoms with Crippen LogP contribution in [-0.4, -0.2) is 33.6 Å². The molecule has 0 bridgehead atoms. The van der Waals surface area contributed by atoms with Gasteiger partial charge in [0.1, 0.15) is 0 Å². The van der Waals surface area contributed by atoms with Gasteiger partial charge in [0.05, 0.1) is 29.5 Å². The second kappa shape index (κ2) is 7.82. The molecule has 0 aromatic heterocycles. The first-order valence-corrected chi connectivity index (χ1v) is 11.9. The second-order valence-corrected chi connectivity index (χ2v) is 11.5. The third kappa shape index (κ3) is 3.46. The molecule has 4 rings (SSSR count). The van der Waals surface area contributed by atoms with E-state index < -0.39 is 5.72 Å². The SMILES string of the molecule is C=C[C@H]([C@@H]1C=C(O)N2[C@@H](C(C)(C)C)CO[C@]12C)[S+](c1ccccc1)c1ccccc1. The van der Waals surface area contributed by atoms with Crippen LogP contribution in [0.2, 0.25) is 0 Å². The first-order valence-electron chi connectivity index (χ1n) is 10.6. The maximum atomic E-state index is 11.0. The monoisotopic (exact) mass is 422 g/mol. The maximum absolute atomic E-state index is 11.0.